The van der Waals surface area contributed by atoms with Gasteiger partial charge in [0.1, 0.15) is 11.5 Å². The zero-order valence-electron chi connectivity index (χ0n) is 11.4. The quantitative estimate of drug-likeness (QED) is 0.873. The highest BCUT2D eigenvalue weighted by Gasteiger charge is 2.11. The maximum atomic E-state index is 13.7. The minimum atomic E-state index is -0.366. The van der Waals surface area contributed by atoms with Crippen LogP contribution in [0.15, 0.2) is 34.7 Å². The molecule has 0 amide bonds. The SMILES string of the molecule is CCOc1ccc(NC(C)c2ccc(C)o2)cc1F. The van der Waals surface area contributed by atoms with E-state index in [0.29, 0.717) is 12.3 Å². The van der Waals surface area contributed by atoms with E-state index in [1.807, 2.05) is 32.9 Å². The van der Waals surface area contributed by atoms with Crippen molar-refractivity contribution in [3.63, 3.8) is 0 Å². The third kappa shape index (κ3) is 3.28. The van der Waals surface area contributed by atoms with Crippen molar-refractivity contribution < 1.29 is 13.5 Å². The second-order valence-electron chi connectivity index (χ2n) is 4.39. The van der Waals surface area contributed by atoms with E-state index in [4.69, 9.17) is 9.15 Å². The van der Waals surface area contributed by atoms with Crippen molar-refractivity contribution in [1.82, 2.24) is 0 Å². The number of furan rings is 1. The standard InChI is InChI=1S/C15H18FNO2/c1-4-18-15-8-6-12(9-13(15)16)17-11(3)14-7-5-10(2)19-14/h5-9,11,17H,4H2,1-3H3. The topological polar surface area (TPSA) is 34.4 Å². The van der Waals surface area contributed by atoms with E-state index in [0.717, 1.165) is 11.5 Å². The molecule has 0 saturated carbocycles. The Morgan fingerprint density at radius 2 is 2.11 bits per heavy atom. The first-order valence-electron chi connectivity index (χ1n) is 6.35. The second kappa shape index (κ2) is 5.78. The predicted molar refractivity (Wildman–Crippen MR) is 73.1 cm³/mol. The van der Waals surface area contributed by atoms with Gasteiger partial charge in [0.05, 0.1) is 12.6 Å². The Bertz CT molecular complexity index is 551. The Morgan fingerprint density at radius 3 is 2.68 bits per heavy atom. The number of nitrogens with one attached hydrogen (secondary N) is 1. The molecule has 4 heteroatoms. The first-order valence-corrected chi connectivity index (χ1v) is 6.35. The van der Waals surface area contributed by atoms with Crippen LogP contribution in [0.25, 0.3) is 0 Å². The fourth-order valence-corrected chi connectivity index (χ4v) is 1.87. The van der Waals surface area contributed by atoms with Crippen molar-refractivity contribution in [1.29, 1.82) is 0 Å². The van der Waals surface area contributed by atoms with Gasteiger partial charge in [0.25, 0.3) is 0 Å². The summed E-state index contributed by atoms with van der Waals surface area (Å²) < 4.78 is 24.4. The van der Waals surface area contributed by atoms with Gasteiger partial charge in [0.2, 0.25) is 0 Å². The van der Waals surface area contributed by atoms with Crippen LogP contribution in [0.1, 0.15) is 31.4 Å². The highest BCUT2D eigenvalue weighted by molar-refractivity contribution is 5.48. The van der Waals surface area contributed by atoms with Crippen LogP contribution in [0.2, 0.25) is 0 Å². The number of hydrogen-bond acceptors (Lipinski definition) is 3. The summed E-state index contributed by atoms with van der Waals surface area (Å²) in [6.45, 7) is 6.14. The summed E-state index contributed by atoms with van der Waals surface area (Å²) in [6.07, 6.45) is 0. The minimum Gasteiger partial charge on any atom is -0.491 e. The van der Waals surface area contributed by atoms with E-state index in [1.165, 1.54) is 6.07 Å². The summed E-state index contributed by atoms with van der Waals surface area (Å²) in [6, 6.07) is 8.65. The lowest BCUT2D eigenvalue weighted by molar-refractivity contribution is 0.321. The number of hydrogen-bond donors (Lipinski definition) is 1. The summed E-state index contributed by atoms with van der Waals surface area (Å²) >= 11 is 0. The molecular weight excluding hydrogens is 245 g/mol. The first kappa shape index (κ1) is 13.5. The van der Waals surface area contributed by atoms with Crippen molar-refractivity contribution in [2.75, 3.05) is 11.9 Å². The third-order valence-electron chi connectivity index (χ3n) is 2.80. The van der Waals surface area contributed by atoms with Crippen molar-refractivity contribution in [2.45, 2.75) is 26.8 Å². The molecule has 19 heavy (non-hydrogen) atoms. The van der Waals surface area contributed by atoms with Gasteiger partial charge in [-0.15, -0.1) is 0 Å². The van der Waals surface area contributed by atoms with Crippen LogP contribution in [0, 0.1) is 12.7 Å². The minimum absolute atomic E-state index is 0.0222. The number of benzene rings is 1. The van der Waals surface area contributed by atoms with E-state index in [1.54, 1.807) is 12.1 Å². The molecule has 1 N–H and O–H groups in total. The smallest absolute Gasteiger partial charge is 0.167 e. The molecule has 3 nitrogen and oxygen atoms in total. The van der Waals surface area contributed by atoms with Crippen molar-refractivity contribution in [2.24, 2.45) is 0 Å². The highest BCUT2D eigenvalue weighted by atomic mass is 19.1. The fraction of sp³-hybridized carbons (Fsp3) is 0.333. The molecule has 0 aliphatic carbocycles. The largest absolute Gasteiger partial charge is 0.491 e. The Balaban J connectivity index is 2.09. The van der Waals surface area contributed by atoms with Crippen LogP contribution in [-0.2, 0) is 0 Å². The van der Waals surface area contributed by atoms with Gasteiger partial charge in [-0.2, -0.15) is 0 Å². The summed E-state index contributed by atoms with van der Waals surface area (Å²) in [7, 11) is 0. The van der Waals surface area contributed by atoms with Crippen molar-refractivity contribution in [3.05, 3.63) is 47.7 Å². The Morgan fingerprint density at radius 1 is 1.32 bits per heavy atom. The predicted octanol–water partition coefficient (Wildman–Crippen LogP) is 4.30. The average Bonchev–Trinajstić information content (AvgIpc) is 2.80. The molecule has 0 spiro atoms. The zero-order chi connectivity index (χ0) is 13.8. The Hall–Kier alpha value is -1.97. The molecule has 0 bridgehead atoms. The first-order chi connectivity index (χ1) is 9.10. The highest BCUT2D eigenvalue weighted by Crippen LogP contribution is 2.25. The van der Waals surface area contributed by atoms with E-state index in [9.17, 15) is 4.39 Å². The van der Waals surface area contributed by atoms with Gasteiger partial charge in [0, 0.05) is 11.8 Å². The number of ether oxygens (including phenoxy) is 1. The normalized spacial score (nSPS) is 12.2. The Kier molecular flexibility index (Phi) is 4.10. The van der Waals surface area contributed by atoms with Gasteiger partial charge in [-0.25, -0.2) is 4.39 Å². The van der Waals surface area contributed by atoms with E-state index in [-0.39, 0.29) is 17.6 Å². The molecule has 1 heterocycles. The van der Waals surface area contributed by atoms with Crippen LogP contribution >= 0.6 is 0 Å². The molecule has 0 aliphatic heterocycles. The molecule has 0 radical (unpaired) electrons. The van der Waals surface area contributed by atoms with E-state index in [2.05, 4.69) is 5.32 Å². The molecule has 102 valence electrons. The maximum Gasteiger partial charge on any atom is 0.167 e. The van der Waals surface area contributed by atoms with Gasteiger partial charge in [0.15, 0.2) is 11.6 Å². The van der Waals surface area contributed by atoms with Gasteiger partial charge < -0.3 is 14.5 Å². The number of halogens is 1. The van der Waals surface area contributed by atoms with E-state index < -0.39 is 0 Å². The molecule has 2 rings (SSSR count). The van der Waals surface area contributed by atoms with Gasteiger partial charge in [-0.1, -0.05) is 0 Å². The van der Waals surface area contributed by atoms with Crippen molar-refractivity contribution >= 4 is 5.69 Å². The second-order valence-corrected chi connectivity index (χ2v) is 4.39. The van der Waals surface area contributed by atoms with Crippen molar-refractivity contribution in [3.8, 4) is 5.75 Å². The summed E-state index contributed by atoms with van der Waals surface area (Å²) in [5, 5.41) is 3.19. The lowest BCUT2D eigenvalue weighted by Crippen LogP contribution is -2.06. The molecule has 1 atom stereocenters. The number of aryl methyl sites for hydroxylation is 1. The monoisotopic (exact) mass is 263 g/mol. The lowest BCUT2D eigenvalue weighted by atomic mass is 10.2. The summed E-state index contributed by atoms with van der Waals surface area (Å²) in [5.74, 6) is 1.59. The third-order valence-corrected chi connectivity index (χ3v) is 2.80. The molecule has 2 aromatic rings. The lowest BCUT2D eigenvalue weighted by Gasteiger charge is -2.14. The number of rotatable bonds is 5. The summed E-state index contributed by atoms with van der Waals surface area (Å²) in [4.78, 5) is 0. The summed E-state index contributed by atoms with van der Waals surface area (Å²) in [5.41, 5.74) is 0.697. The van der Waals surface area contributed by atoms with Gasteiger partial charge in [-0.3, -0.25) is 0 Å². The fourth-order valence-electron chi connectivity index (χ4n) is 1.87. The molecule has 1 aromatic carbocycles. The maximum absolute atomic E-state index is 13.7. The zero-order valence-corrected chi connectivity index (χ0v) is 11.4. The molecular formula is C15H18FNO2. The average molecular weight is 263 g/mol. The van der Waals surface area contributed by atoms with Crippen LogP contribution in [0.4, 0.5) is 10.1 Å². The van der Waals surface area contributed by atoms with Crippen LogP contribution in [0.3, 0.4) is 0 Å². The van der Waals surface area contributed by atoms with Gasteiger partial charge in [-0.05, 0) is 45.0 Å². The van der Waals surface area contributed by atoms with Crippen LogP contribution in [0.5, 0.6) is 5.75 Å². The Labute approximate surface area is 112 Å². The molecule has 0 fully saturated rings. The molecule has 0 aliphatic rings. The number of anilines is 1. The molecule has 0 saturated heterocycles. The van der Waals surface area contributed by atoms with Crippen LogP contribution < -0.4 is 10.1 Å². The van der Waals surface area contributed by atoms with E-state index >= 15 is 0 Å². The molecule has 1 unspecified atom stereocenters. The molecule has 1 aromatic heterocycles. The van der Waals surface area contributed by atoms with Gasteiger partial charge >= 0.3 is 0 Å². The van der Waals surface area contributed by atoms with Crippen LogP contribution in [-0.4, -0.2) is 6.61 Å².